The van der Waals surface area contributed by atoms with Gasteiger partial charge in [0.25, 0.3) is 0 Å². The average molecular weight is 617 g/mol. The number of para-hydroxylation sites is 1. The smallest absolute Gasteiger partial charge is 0.248 e. The summed E-state index contributed by atoms with van der Waals surface area (Å²) < 4.78 is 0. The van der Waals surface area contributed by atoms with Crippen LogP contribution in [-0.4, -0.2) is 68.9 Å². The Bertz CT molecular complexity index is 1600. The minimum absolute atomic E-state index is 0.00696. The first-order valence-corrected chi connectivity index (χ1v) is 15.1. The van der Waals surface area contributed by atoms with Gasteiger partial charge in [-0.2, -0.15) is 0 Å². The van der Waals surface area contributed by atoms with Gasteiger partial charge in [0.15, 0.2) is 0 Å². The Morgan fingerprint density at radius 2 is 1.95 bits per heavy atom. The molecule has 0 saturated heterocycles. The van der Waals surface area contributed by atoms with Gasteiger partial charge in [0, 0.05) is 59.5 Å². The first-order valence-electron chi connectivity index (χ1n) is 14.7. The summed E-state index contributed by atoms with van der Waals surface area (Å²) in [7, 11) is 3.90. The zero-order chi connectivity index (χ0) is 31.7. The zero-order valence-electron chi connectivity index (χ0n) is 25.9. The first-order chi connectivity index (χ1) is 21.0. The number of carbonyl (C=O) groups excluding carboxylic acids is 2. The normalized spacial score (nSPS) is 18.1. The highest BCUT2D eigenvalue weighted by atomic mass is 35.5. The number of benzene rings is 1. The molecule has 3 heterocycles. The molecule has 1 aromatic carbocycles. The van der Waals surface area contributed by atoms with Crippen molar-refractivity contribution in [2.75, 3.05) is 31.3 Å². The number of amides is 2. The predicted molar refractivity (Wildman–Crippen MR) is 178 cm³/mol. The molecule has 1 fully saturated rings. The van der Waals surface area contributed by atoms with Crippen molar-refractivity contribution in [2.24, 2.45) is 0 Å². The number of nitrogens with one attached hydrogen (secondary N) is 4. The van der Waals surface area contributed by atoms with Crippen molar-refractivity contribution in [1.29, 1.82) is 0 Å². The Morgan fingerprint density at radius 1 is 1.16 bits per heavy atom. The molecule has 3 aromatic heterocycles. The second-order valence-electron chi connectivity index (χ2n) is 11.7. The molecule has 10 nitrogen and oxygen atoms in total. The van der Waals surface area contributed by atoms with Crippen LogP contribution in [0.5, 0.6) is 0 Å². The molecule has 1 saturated carbocycles. The molecule has 0 radical (unpaired) electrons. The lowest BCUT2D eigenvalue weighted by Gasteiger charge is -2.38. The molecular formula is C33H41ClN8O2. The van der Waals surface area contributed by atoms with Crippen LogP contribution in [0.3, 0.4) is 0 Å². The molecule has 2 amide bonds. The molecule has 5 rings (SSSR count). The average Bonchev–Trinajstić information content (AvgIpc) is 3.39. The van der Waals surface area contributed by atoms with E-state index < -0.39 is 0 Å². The van der Waals surface area contributed by atoms with Gasteiger partial charge in [-0.25, -0.2) is 9.97 Å². The van der Waals surface area contributed by atoms with Crippen molar-refractivity contribution in [2.45, 2.75) is 58.0 Å². The molecule has 1 aliphatic carbocycles. The van der Waals surface area contributed by atoms with Crippen molar-refractivity contribution >= 4 is 46.0 Å². The number of rotatable bonds is 8. The summed E-state index contributed by atoms with van der Waals surface area (Å²) in [6.45, 7) is 6.32. The Kier molecular flexibility index (Phi) is 11.1. The maximum Gasteiger partial charge on any atom is 0.248 e. The summed E-state index contributed by atoms with van der Waals surface area (Å²) in [6.07, 6.45) is 12.4. The number of aryl methyl sites for hydroxylation is 1. The van der Waals surface area contributed by atoms with Crippen LogP contribution in [0.15, 0.2) is 67.1 Å². The molecule has 0 unspecified atom stereocenters. The van der Waals surface area contributed by atoms with Crippen LogP contribution in [-0.2, 0) is 9.59 Å². The number of carbonyl (C=O) groups is 2. The van der Waals surface area contributed by atoms with Crippen LogP contribution in [0.2, 0.25) is 5.02 Å². The Morgan fingerprint density at radius 3 is 2.68 bits per heavy atom. The monoisotopic (exact) mass is 616 g/mol. The zero-order valence-corrected chi connectivity index (χ0v) is 26.7. The number of fused-ring (bicyclic) bond motifs is 1. The maximum atomic E-state index is 11.5. The lowest BCUT2D eigenvalue weighted by Crippen LogP contribution is -2.50. The van der Waals surface area contributed by atoms with Gasteiger partial charge in [0.2, 0.25) is 17.8 Å². The third kappa shape index (κ3) is 9.36. The largest absolute Gasteiger partial charge is 0.360 e. The number of halogens is 1. The van der Waals surface area contributed by atoms with Crippen molar-refractivity contribution in [3.8, 4) is 11.3 Å². The SMILES string of the molecule is CC(=O)N[C@@]1(C)CCC[C@@H](Nc2ncc(Cl)c(-c3c[nH]c4ccccc34)n2)C1.Cc1ccc(NC(=O)/C=C/CN(C)C)cn1. The molecule has 1 aliphatic rings. The molecule has 0 spiro atoms. The molecule has 0 bridgehead atoms. The molecule has 232 valence electrons. The van der Waals surface area contributed by atoms with E-state index in [-0.39, 0.29) is 23.4 Å². The van der Waals surface area contributed by atoms with E-state index >= 15 is 0 Å². The van der Waals surface area contributed by atoms with Crippen molar-refractivity contribution in [3.63, 3.8) is 0 Å². The molecule has 4 aromatic rings. The third-order valence-electron chi connectivity index (χ3n) is 7.30. The number of hydrogen-bond donors (Lipinski definition) is 4. The molecule has 0 aliphatic heterocycles. The van der Waals surface area contributed by atoms with Crippen LogP contribution < -0.4 is 16.0 Å². The number of nitrogens with zero attached hydrogens (tertiary/aromatic N) is 4. The lowest BCUT2D eigenvalue weighted by atomic mass is 9.80. The van der Waals surface area contributed by atoms with E-state index in [0.29, 0.717) is 22.4 Å². The second-order valence-corrected chi connectivity index (χ2v) is 12.1. The van der Waals surface area contributed by atoms with Crippen LogP contribution >= 0.6 is 11.6 Å². The molecular weight excluding hydrogens is 576 g/mol. The van der Waals surface area contributed by atoms with Crippen molar-refractivity contribution in [1.82, 2.24) is 30.2 Å². The summed E-state index contributed by atoms with van der Waals surface area (Å²) in [5.74, 6) is 0.432. The maximum absolute atomic E-state index is 11.5. The van der Waals surface area contributed by atoms with Gasteiger partial charge in [-0.1, -0.05) is 35.9 Å². The number of H-pyrrole nitrogens is 1. The number of pyridine rings is 1. The number of anilines is 2. The Labute approximate surface area is 263 Å². The summed E-state index contributed by atoms with van der Waals surface area (Å²) in [6, 6.07) is 12.0. The fraction of sp³-hybridized carbons (Fsp3) is 0.364. The summed E-state index contributed by atoms with van der Waals surface area (Å²) in [4.78, 5) is 41.4. The van der Waals surface area contributed by atoms with E-state index in [4.69, 9.17) is 16.6 Å². The molecule has 2 atom stereocenters. The second kappa shape index (κ2) is 14.9. The summed E-state index contributed by atoms with van der Waals surface area (Å²) in [5.41, 5.74) is 4.15. The highest BCUT2D eigenvalue weighted by Gasteiger charge is 2.33. The summed E-state index contributed by atoms with van der Waals surface area (Å²) >= 11 is 6.42. The standard InChI is InChI=1S/C21H24ClN5O.C12H17N3O/c1-13(28)27-21(2)9-5-6-14(10-21)25-20-24-12-17(22)19(26-20)16-11-23-18-8-4-3-7-15(16)18;1-10-6-7-11(9-13-10)14-12(16)5-4-8-15(2)3/h3-4,7-8,11-12,14,23H,5-6,9-10H2,1-2H3,(H,27,28)(H,24,25,26);4-7,9H,8H2,1-3H3,(H,14,16)/b;5-4+/t14-,21+;/m1./s1. The number of hydrogen-bond acceptors (Lipinski definition) is 7. The van der Waals surface area contributed by atoms with Crippen molar-refractivity contribution in [3.05, 3.63) is 77.9 Å². The minimum Gasteiger partial charge on any atom is -0.360 e. The Hall–Kier alpha value is -4.28. The van der Waals surface area contributed by atoms with Gasteiger partial charge in [-0.15, -0.1) is 0 Å². The fourth-order valence-corrected chi connectivity index (χ4v) is 5.51. The first kappa shape index (κ1) is 32.6. The highest BCUT2D eigenvalue weighted by Crippen LogP contribution is 2.33. The number of aromatic amines is 1. The number of aromatic nitrogens is 4. The fourth-order valence-electron chi connectivity index (χ4n) is 5.32. The van der Waals surface area contributed by atoms with Crippen LogP contribution in [0, 0.1) is 6.92 Å². The lowest BCUT2D eigenvalue weighted by molar-refractivity contribution is -0.121. The topological polar surface area (TPSA) is 128 Å². The third-order valence-corrected chi connectivity index (χ3v) is 7.57. The van der Waals surface area contributed by atoms with Gasteiger partial charge in [0.1, 0.15) is 0 Å². The number of likely N-dealkylation sites (N-methyl/N-ethyl adjacent to an activating group) is 1. The van der Waals surface area contributed by atoms with Gasteiger partial charge in [0.05, 0.1) is 28.8 Å². The summed E-state index contributed by atoms with van der Waals surface area (Å²) in [5, 5.41) is 10.9. The van der Waals surface area contributed by atoms with Gasteiger partial charge in [-0.3, -0.25) is 14.6 Å². The van der Waals surface area contributed by atoms with E-state index in [9.17, 15) is 9.59 Å². The van der Waals surface area contributed by atoms with E-state index in [1.807, 2.05) is 74.6 Å². The van der Waals surface area contributed by atoms with E-state index in [2.05, 4.69) is 37.8 Å². The van der Waals surface area contributed by atoms with Crippen molar-refractivity contribution < 1.29 is 9.59 Å². The van der Waals surface area contributed by atoms with Crippen LogP contribution in [0.25, 0.3) is 22.2 Å². The Balaban J connectivity index is 0.000000236. The quantitative estimate of drug-likeness (QED) is 0.179. The minimum atomic E-state index is -0.201. The molecule has 11 heteroatoms. The van der Waals surface area contributed by atoms with Gasteiger partial charge in [-0.05, 0) is 71.8 Å². The highest BCUT2D eigenvalue weighted by molar-refractivity contribution is 6.33. The van der Waals surface area contributed by atoms with E-state index in [0.717, 1.165) is 54.4 Å². The van der Waals surface area contributed by atoms with Gasteiger partial charge < -0.3 is 25.8 Å². The van der Waals surface area contributed by atoms with E-state index in [1.54, 1.807) is 19.3 Å². The van der Waals surface area contributed by atoms with Crippen LogP contribution in [0.4, 0.5) is 11.6 Å². The van der Waals surface area contributed by atoms with Crippen LogP contribution in [0.1, 0.15) is 45.2 Å². The molecule has 4 N–H and O–H groups in total. The van der Waals surface area contributed by atoms with E-state index in [1.165, 1.54) is 6.08 Å². The van der Waals surface area contributed by atoms with Gasteiger partial charge >= 0.3 is 0 Å². The molecule has 44 heavy (non-hydrogen) atoms. The predicted octanol–water partition coefficient (Wildman–Crippen LogP) is 5.97.